The van der Waals surface area contributed by atoms with E-state index in [2.05, 4.69) is 11.4 Å². The van der Waals surface area contributed by atoms with E-state index in [1.165, 1.54) is 31.7 Å². The molecule has 6 rings (SSSR count). The van der Waals surface area contributed by atoms with Crippen molar-refractivity contribution in [2.45, 2.75) is 68.9 Å². The van der Waals surface area contributed by atoms with Gasteiger partial charge in [0, 0.05) is 48.5 Å². The number of aliphatic hydroxyl groups excluding tert-OH is 2. The molecule has 0 bridgehead atoms. The number of phenolic OH excluding ortho intramolecular Hbond substituents is 2. The number of benzene rings is 2. The average molecular weight is 613 g/mol. The Bertz CT molecular complexity index is 1500. The molecule has 2 aromatic carbocycles. The molecule has 0 aromatic heterocycles. The maximum Gasteiger partial charge on any atom is 0.202 e. The van der Waals surface area contributed by atoms with Crippen LogP contribution in [0.15, 0.2) is 30.5 Å². The number of hydrogen-bond acceptors (Lipinski definition) is 13. The largest absolute Gasteiger partial charge is 0.507 e. The molecule has 2 aliphatic heterocycles. The van der Waals surface area contributed by atoms with E-state index in [4.69, 9.17) is 19.9 Å². The number of carbonyl (C=O) groups is 3. The maximum atomic E-state index is 13.6. The second kappa shape index (κ2) is 12.3. The van der Waals surface area contributed by atoms with Gasteiger partial charge >= 0.3 is 0 Å². The molecule has 44 heavy (non-hydrogen) atoms. The minimum atomic E-state index is -2.24. The number of phenols is 2. The van der Waals surface area contributed by atoms with Gasteiger partial charge in [-0.15, -0.1) is 0 Å². The fraction of sp³-hybridized carbons (Fsp3) is 0.452. The third-order valence-corrected chi connectivity index (χ3v) is 8.50. The molecule has 2 aliphatic carbocycles. The quantitative estimate of drug-likeness (QED) is 0.195. The molecule has 2 aromatic rings. The van der Waals surface area contributed by atoms with E-state index in [1.54, 1.807) is 6.92 Å². The molecule has 13 heteroatoms. The van der Waals surface area contributed by atoms with Crippen molar-refractivity contribution < 1.29 is 54.1 Å². The molecule has 2 heterocycles. The first kappa shape index (κ1) is 31.6. The van der Waals surface area contributed by atoms with E-state index in [1.807, 2.05) is 6.20 Å². The highest BCUT2D eigenvalue weighted by molar-refractivity contribution is 6.31. The van der Waals surface area contributed by atoms with Crippen molar-refractivity contribution in [2.75, 3.05) is 20.3 Å². The number of ketones is 3. The Kier molecular flexibility index (Phi) is 8.80. The Balaban J connectivity index is 0.000000698. The van der Waals surface area contributed by atoms with E-state index < -0.39 is 95.7 Å². The number of methoxy groups -OCH3 is 1. The lowest BCUT2D eigenvalue weighted by atomic mass is 9.72. The zero-order chi connectivity index (χ0) is 31.9. The van der Waals surface area contributed by atoms with Crippen LogP contribution in [0, 0.1) is 0 Å². The number of ether oxygens (including phenoxy) is 3. The van der Waals surface area contributed by atoms with Crippen molar-refractivity contribution in [1.29, 1.82) is 0 Å². The highest BCUT2D eigenvalue weighted by Gasteiger charge is 2.50. The zero-order valence-corrected chi connectivity index (χ0v) is 24.3. The molecule has 1 saturated heterocycles. The van der Waals surface area contributed by atoms with Gasteiger partial charge in [-0.25, -0.2) is 0 Å². The molecule has 0 amide bonds. The second-order valence-corrected chi connectivity index (χ2v) is 11.3. The van der Waals surface area contributed by atoms with Crippen LogP contribution in [0.5, 0.6) is 17.2 Å². The van der Waals surface area contributed by atoms with Gasteiger partial charge in [0.25, 0.3) is 0 Å². The number of nitrogens with two attached hydrogens (primary N) is 1. The Hall–Kier alpha value is -3.85. The summed E-state index contributed by atoms with van der Waals surface area (Å²) in [6, 6.07) is 3.64. The third kappa shape index (κ3) is 5.36. The topological polar surface area (TPSA) is 218 Å². The van der Waals surface area contributed by atoms with Gasteiger partial charge < -0.3 is 50.8 Å². The van der Waals surface area contributed by atoms with Crippen molar-refractivity contribution in [3.63, 3.8) is 0 Å². The van der Waals surface area contributed by atoms with Gasteiger partial charge in [-0.05, 0) is 25.6 Å². The first-order chi connectivity index (χ1) is 20.9. The summed E-state index contributed by atoms with van der Waals surface area (Å²) in [6.07, 6.45) is 0.197. The molecule has 13 nitrogen and oxygen atoms in total. The molecular formula is C31H36N2O11. The average Bonchev–Trinajstić information content (AvgIpc) is 3.60. The molecule has 6 atom stereocenters. The first-order valence-corrected chi connectivity index (χ1v) is 14.3. The molecule has 0 radical (unpaired) electrons. The summed E-state index contributed by atoms with van der Waals surface area (Å²) >= 11 is 0. The Morgan fingerprint density at radius 1 is 1.16 bits per heavy atom. The molecular weight excluding hydrogens is 576 g/mol. The lowest BCUT2D eigenvalue weighted by molar-refractivity contribution is -0.247. The number of aromatic hydroxyl groups is 2. The summed E-state index contributed by atoms with van der Waals surface area (Å²) in [5.74, 6) is -3.77. The summed E-state index contributed by atoms with van der Waals surface area (Å²) in [5, 5.41) is 56.7. The van der Waals surface area contributed by atoms with Crippen molar-refractivity contribution >= 4 is 17.3 Å². The predicted octanol–water partition coefficient (Wildman–Crippen LogP) is 0.495. The minimum Gasteiger partial charge on any atom is -0.507 e. The van der Waals surface area contributed by atoms with Crippen molar-refractivity contribution in [3.8, 4) is 17.2 Å². The van der Waals surface area contributed by atoms with Gasteiger partial charge in [-0.3, -0.25) is 14.4 Å². The number of fused-ring (bicyclic) bond motifs is 3. The van der Waals surface area contributed by atoms with E-state index in [9.17, 15) is 39.9 Å². The van der Waals surface area contributed by atoms with Crippen LogP contribution < -0.4 is 15.8 Å². The van der Waals surface area contributed by atoms with E-state index in [-0.39, 0.29) is 34.4 Å². The molecule has 8 N–H and O–H groups in total. The summed E-state index contributed by atoms with van der Waals surface area (Å²) in [6.45, 7) is 1.70. The highest BCUT2D eigenvalue weighted by atomic mass is 16.7. The monoisotopic (exact) mass is 612 g/mol. The van der Waals surface area contributed by atoms with Crippen molar-refractivity contribution in [3.05, 3.63) is 63.9 Å². The fourth-order valence-corrected chi connectivity index (χ4v) is 6.17. The van der Waals surface area contributed by atoms with Gasteiger partial charge in [0.1, 0.15) is 29.5 Å². The number of hydrogen-bond donors (Lipinski definition) is 7. The van der Waals surface area contributed by atoms with Crippen LogP contribution in [0.1, 0.15) is 75.3 Å². The molecule has 236 valence electrons. The van der Waals surface area contributed by atoms with Gasteiger partial charge in [0.15, 0.2) is 17.9 Å². The zero-order valence-electron chi connectivity index (χ0n) is 24.3. The summed E-state index contributed by atoms with van der Waals surface area (Å²) in [7, 11) is 1.32. The summed E-state index contributed by atoms with van der Waals surface area (Å²) in [5.41, 5.74) is 2.37. The van der Waals surface area contributed by atoms with Gasteiger partial charge in [-0.2, -0.15) is 0 Å². The smallest absolute Gasteiger partial charge is 0.202 e. The van der Waals surface area contributed by atoms with Crippen LogP contribution in [0.3, 0.4) is 0 Å². The Labute approximate surface area is 252 Å². The molecule has 0 unspecified atom stereocenters. The van der Waals surface area contributed by atoms with Crippen molar-refractivity contribution in [2.24, 2.45) is 5.73 Å². The molecule has 4 aliphatic rings. The molecule has 0 saturated carbocycles. The number of nitrogens with one attached hydrogen (secondary N) is 1. The number of carbonyl (C=O) groups excluding carboxylic acids is 3. The van der Waals surface area contributed by atoms with Crippen molar-refractivity contribution in [1.82, 2.24) is 5.32 Å². The molecule has 0 spiro atoms. The number of aliphatic hydroxyl groups is 3. The number of rotatable bonds is 5. The normalized spacial score (nSPS) is 28.6. The van der Waals surface area contributed by atoms with Crippen LogP contribution in [0.2, 0.25) is 0 Å². The van der Waals surface area contributed by atoms with Gasteiger partial charge in [0.2, 0.25) is 5.78 Å². The maximum absolute atomic E-state index is 13.6. The number of Topliss-reactive ketones (excluding diaryl/α,β-unsaturated/α-hetero) is 1. The fourth-order valence-electron chi connectivity index (χ4n) is 6.17. The third-order valence-electron chi connectivity index (χ3n) is 8.50. The highest BCUT2D eigenvalue weighted by Crippen LogP contribution is 2.52. The van der Waals surface area contributed by atoms with Crippen LogP contribution in [0.25, 0.3) is 0 Å². The molecule has 1 fully saturated rings. The minimum absolute atomic E-state index is 0.0173. The van der Waals surface area contributed by atoms with Crippen LogP contribution >= 0.6 is 0 Å². The second-order valence-electron chi connectivity index (χ2n) is 11.3. The summed E-state index contributed by atoms with van der Waals surface area (Å²) in [4.78, 5) is 39.7. The standard InChI is InChI=1S/C27H29NO11.C4H7N/c1-10-22(31)13(28)6-17(38-10)39-15-8-27(36,16(30)9-29)7-12-19(15)26(35)21-20(24(12)33)23(32)11-4-3-5-14(37-2)18(11)25(21)34;1-2-4-5-3-1/h3-5,10,13,15,17,22,29,31,33,35-36H,6-9,28H2,1-2H3;1,3,5H,2,4H2/t10-,13-,15-,17-,22+,27-;/m0./s1. The van der Waals surface area contributed by atoms with Crippen LogP contribution in [-0.2, 0) is 20.7 Å². The SMILES string of the molecule is C1=CNCC1.COc1cccc2c1C(=O)c1c(O)c3c(c(O)c1C2=O)C[C@@](O)(C(=O)CO)C[C@@H]3O[C@H]1C[C@H](N)[C@H](O)[C@H](C)O1. The van der Waals surface area contributed by atoms with Crippen LogP contribution in [-0.4, -0.2) is 93.3 Å². The van der Waals surface area contributed by atoms with E-state index in [0.717, 1.165) is 6.54 Å². The van der Waals surface area contributed by atoms with Gasteiger partial charge in [-0.1, -0.05) is 18.2 Å². The Morgan fingerprint density at radius 3 is 2.48 bits per heavy atom. The Morgan fingerprint density at radius 2 is 1.89 bits per heavy atom. The van der Waals surface area contributed by atoms with E-state index in [0.29, 0.717) is 0 Å². The van der Waals surface area contributed by atoms with E-state index >= 15 is 0 Å². The lowest BCUT2D eigenvalue weighted by Crippen LogP contribution is -2.53. The van der Waals surface area contributed by atoms with Crippen LogP contribution in [0.4, 0.5) is 0 Å². The first-order valence-electron chi connectivity index (χ1n) is 14.3. The lowest BCUT2D eigenvalue weighted by Gasteiger charge is -2.42. The summed E-state index contributed by atoms with van der Waals surface area (Å²) < 4.78 is 17.0. The predicted molar refractivity (Wildman–Crippen MR) is 154 cm³/mol. The van der Waals surface area contributed by atoms with Gasteiger partial charge in [0.05, 0.1) is 42.1 Å².